The number of hydrogen-bond donors (Lipinski definition) is 0. The van der Waals surface area contributed by atoms with Crippen LogP contribution in [0.5, 0.6) is 0 Å². The zero-order chi connectivity index (χ0) is 24.9. The Balaban J connectivity index is 1.61. The third-order valence-corrected chi connectivity index (χ3v) is 9.31. The van der Waals surface area contributed by atoms with Crippen molar-refractivity contribution in [1.29, 1.82) is 0 Å². The van der Waals surface area contributed by atoms with Crippen molar-refractivity contribution in [2.45, 2.75) is 69.7 Å². The van der Waals surface area contributed by atoms with Crippen molar-refractivity contribution in [3.8, 4) is 0 Å². The summed E-state index contributed by atoms with van der Waals surface area (Å²) in [6.07, 6.45) is 7.39. The maximum absolute atomic E-state index is 12.9. The summed E-state index contributed by atoms with van der Waals surface area (Å²) in [6, 6.07) is 5.73. The number of sulfonamides is 1. The van der Waals surface area contributed by atoms with Crippen LogP contribution in [-0.4, -0.2) is 84.3 Å². The van der Waals surface area contributed by atoms with Crippen LogP contribution in [0.2, 0.25) is 0 Å². The van der Waals surface area contributed by atoms with Crippen LogP contribution in [0.1, 0.15) is 58.2 Å². The fourth-order valence-corrected chi connectivity index (χ4v) is 6.35. The molecule has 1 aliphatic rings. The lowest BCUT2D eigenvalue weighted by atomic mass is 9.94. The minimum Gasteiger partial charge on any atom is -0.344 e. The normalized spacial score (nSPS) is 15.5. The molecule has 2 aromatic rings. The molecule has 0 atom stereocenters. The van der Waals surface area contributed by atoms with Crippen molar-refractivity contribution >= 4 is 27.0 Å². The zero-order valence-corrected chi connectivity index (χ0v) is 22.3. The Bertz CT molecular complexity index is 1070. The minimum atomic E-state index is -3.54. The summed E-state index contributed by atoms with van der Waals surface area (Å²) < 4.78 is 29.1. The average molecular weight is 492 g/mol. The lowest BCUT2D eigenvalue weighted by molar-refractivity contribution is -0.130. The zero-order valence-electron chi connectivity index (χ0n) is 21.5. The van der Waals surface area contributed by atoms with E-state index < -0.39 is 10.0 Å². The number of aromatic nitrogens is 2. The topological polar surface area (TPSA) is 78.8 Å². The molecule has 190 valence electrons. The average Bonchev–Trinajstić information content (AvgIpc) is 3.16. The molecule has 1 aromatic heterocycles. The predicted molar refractivity (Wildman–Crippen MR) is 136 cm³/mol. The fourth-order valence-electron chi connectivity index (χ4n) is 4.87. The van der Waals surface area contributed by atoms with Gasteiger partial charge >= 0.3 is 0 Å². The first-order valence-electron chi connectivity index (χ1n) is 12.6. The van der Waals surface area contributed by atoms with E-state index in [9.17, 15) is 13.2 Å². The van der Waals surface area contributed by atoms with Crippen molar-refractivity contribution < 1.29 is 13.2 Å². The molecule has 9 heteroatoms. The van der Waals surface area contributed by atoms with Crippen molar-refractivity contribution in [3.05, 3.63) is 24.0 Å². The van der Waals surface area contributed by atoms with Gasteiger partial charge in [0.25, 0.3) is 0 Å². The van der Waals surface area contributed by atoms with E-state index in [0.29, 0.717) is 37.5 Å². The SMILES string of the molecule is CCN(CC)S(=O)(=O)c1ccc2c(c1)nc(CCC(=O)N(C)CCN(C)C1CCCCC1)n2C. The quantitative estimate of drug-likeness (QED) is 0.482. The van der Waals surface area contributed by atoms with Crippen LogP contribution in [0.25, 0.3) is 11.0 Å². The highest BCUT2D eigenvalue weighted by molar-refractivity contribution is 7.89. The maximum Gasteiger partial charge on any atom is 0.243 e. The van der Waals surface area contributed by atoms with Gasteiger partial charge in [0, 0.05) is 59.2 Å². The number of nitrogens with zero attached hydrogens (tertiary/aromatic N) is 5. The number of amides is 1. The van der Waals surface area contributed by atoms with Crippen molar-refractivity contribution in [1.82, 2.24) is 23.7 Å². The van der Waals surface area contributed by atoms with Crippen molar-refractivity contribution in [2.75, 3.05) is 40.3 Å². The lowest BCUT2D eigenvalue weighted by Crippen LogP contribution is -2.40. The summed E-state index contributed by atoms with van der Waals surface area (Å²) in [5, 5.41) is 0. The standard InChI is InChI=1S/C25H41N5O3S/c1-6-30(7-2)34(32,33)21-13-14-23-22(19-21)26-24(29(23)5)15-16-25(31)28(4)18-17-27(3)20-11-9-8-10-12-20/h13-14,19-20H,6-12,15-18H2,1-5H3. The lowest BCUT2D eigenvalue weighted by Gasteiger charge is -2.32. The van der Waals surface area contributed by atoms with Gasteiger partial charge in [-0.2, -0.15) is 4.31 Å². The summed E-state index contributed by atoms with van der Waals surface area (Å²) in [4.78, 5) is 21.9. The molecule has 0 saturated heterocycles. The Morgan fingerprint density at radius 3 is 2.41 bits per heavy atom. The molecule has 0 bridgehead atoms. The number of rotatable bonds is 11. The molecule has 0 spiro atoms. The molecular formula is C25H41N5O3S. The first-order chi connectivity index (χ1) is 16.2. The Morgan fingerprint density at radius 1 is 1.09 bits per heavy atom. The minimum absolute atomic E-state index is 0.105. The molecule has 0 radical (unpaired) electrons. The molecule has 0 aliphatic heterocycles. The smallest absolute Gasteiger partial charge is 0.243 e. The van der Waals surface area contributed by atoms with E-state index in [4.69, 9.17) is 0 Å². The van der Waals surface area contributed by atoms with Crippen molar-refractivity contribution in [2.24, 2.45) is 7.05 Å². The van der Waals surface area contributed by atoms with Gasteiger partial charge in [-0.3, -0.25) is 4.79 Å². The second-order valence-electron chi connectivity index (χ2n) is 9.41. The highest BCUT2D eigenvalue weighted by Gasteiger charge is 2.23. The first-order valence-corrected chi connectivity index (χ1v) is 14.0. The second kappa shape index (κ2) is 11.6. The number of carbonyl (C=O) groups excluding carboxylic acids is 1. The van der Waals surface area contributed by atoms with Crippen LogP contribution in [0.4, 0.5) is 0 Å². The number of likely N-dealkylation sites (N-methyl/N-ethyl adjacent to an activating group) is 2. The van der Waals surface area contributed by atoms with Gasteiger partial charge in [-0.25, -0.2) is 13.4 Å². The van der Waals surface area contributed by atoms with Gasteiger partial charge in [-0.1, -0.05) is 33.1 Å². The van der Waals surface area contributed by atoms with Crippen LogP contribution in [0, 0.1) is 0 Å². The van der Waals surface area contributed by atoms with E-state index in [2.05, 4.69) is 16.9 Å². The molecule has 1 aromatic carbocycles. The number of imidazole rings is 1. The largest absolute Gasteiger partial charge is 0.344 e. The maximum atomic E-state index is 12.9. The fraction of sp³-hybridized carbons (Fsp3) is 0.680. The van der Waals surface area contributed by atoms with Crippen molar-refractivity contribution in [3.63, 3.8) is 0 Å². The molecule has 1 aliphatic carbocycles. The van der Waals surface area contributed by atoms with Gasteiger partial charge in [0.1, 0.15) is 5.82 Å². The molecular weight excluding hydrogens is 450 g/mol. The van der Waals surface area contributed by atoms with Gasteiger partial charge in [0.2, 0.25) is 15.9 Å². The Morgan fingerprint density at radius 2 is 1.76 bits per heavy atom. The molecule has 34 heavy (non-hydrogen) atoms. The Hall–Kier alpha value is -1.97. The Labute approximate surface area is 205 Å². The van der Waals surface area contributed by atoms with Gasteiger partial charge in [-0.05, 0) is 38.1 Å². The molecule has 1 amide bonds. The number of hydrogen-bond acceptors (Lipinski definition) is 5. The van der Waals surface area contributed by atoms with E-state index in [1.807, 2.05) is 37.4 Å². The molecule has 1 saturated carbocycles. The van der Waals surface area contributed by atoms with Crippen LogP contribution in [0.15, 0.2) is 23.1 Å². The summed E-state index contributed by atoms with van der Waals surface area (Å²) in [5.41, 5.74) is 1.50. The number of fused-ring (bicyclic) bond motifs is 1. The van der Waals surface area contributed by atoms with Crippen LogP contribution >= 0.6 is 0 Å². The van der Waals surface area contributed by atoms with Gasteiger partial charge in [-0.15, -0.1) is 0 Å². The third-order valence-electron chi connectivity index (χ3n) is 7.26. The summed E-state index contributed by atoms with van der Waals surface area (Å²) in [6.45, 7) is 6.14. The monoisotopic (exact) mass is 491 g/mol. The van der Waals surface area contributed by atoms with E-state index in [-0.39, 0.29) is 10.8 Å². The molecule has 1 heterocycles. The summed E-state index contributed by atoms with van der Waals surface area (Å²) in [5.74, 6) is 0.891. The highest BCUT2D eigenvalue weighted by atomic mass is 32.2. The number of benzene rings is 1. The van der Waals surface area contributed by atoms with E-state index in [0.717, 1.165) is 24.4 Å². The van der Waals surface area contributed by atoms with E-state index in [1.165, 1.54) is 36.4 Å². The third kappa shape index (κ3) is 5.98. The van der Waals surface area contributed by atoms with Gasteiger partial charge in [0.05, 0.1) is 15.9 Å². The Kier molecular flexibility index (Phi) is 9.12. The highest BCUT2D eigenvalue weighted by Crippen LogP contribution is 2.23. The van der Waals surface area contributed by atoms with Gasteiger partial charge in [0.15, 0.2) is 0 Å². The van der Waals surface area contributed by atoms with Crippen LogP contribution in [-0.2, 0) is 28.3 Å². The summed E-state index contributed by atoms with van der Waals surface area (Å²) >= 11 is 0. The molecule has 0 N–H and O–H groups in total. The number of carbonyl (C=O) groups is 1. The first kappa shape index (κ1) is 26.6. The van der Waals surface area contributed by atoms with E-state index >= 15 is 0 Å². The molecule has 3 rings (SSSR count). The predicted octanol–water partition coefficient (Wildman–Crippen LogP) is 3.26. The van der Waals surface area contributed by atoms with Crippen LogP contribution in [0.3, 0.4) is 0 Å². The van der Waals surface area contributed by atoms with Crippen LogP contribution < -0.4 is 0 Å². The molecule has 0 unspecified atom stereocenters. The van der Waals surface area contributed by atoms with Gasteiger partial charge < -0.3 is 14.4 Å². The van der Waals surface area contributed by atoms with E-state index in [1.54, 1.807) is 18.2 Å². The number of aryl methyl sites for hydroxylation is 2. The molecule has 8 nitrogen and oxygen atoms in total. The molecule has 1 fully saturated rings. The second-order valence-corrected chi connectivity index (χ2v) is 11.4. The summed E-state index contributed by atoms with van der Waals surface area (Å²) in [7, 11) is 2.42.